The number of aromatic nitrogens is 1. The van der Waals surface area contributed by atoms with E-state index in [0.29, 0.717) is 32.8 Å². The van der Waals surface area contributed by atoms with E-state index >= 15 is 0 Å². The van der Waals surface area contributed by atoms with Gasteiger partial charge in [-0.05, 0) is 26.0 Å². The number of amides is 2. The minimum Gasteiger partial charge on any atom is -0.377 e. The summed E-state index contributed by atoms with van der Waals surface area (Å²) in [6.45, 7) is 8.61. The van der Waals surface area contributed by atoms with Crippen LogP contribution >= 0.6 is 0 Å². The van der Waals surface area contributed by atoms with E-state index in [1.807, 2.05) is 41.8 Å². The van der Waals surface area contributed by atoms with Crippen LogP contribution in [0.1, 0.15) is 26.7 Å². The van der Waals surface area contributed by atoms with Gasteiger partial charge in [-0.15, -0.1) is 0 Å². The van der Waals surface area contributed by atoms with Crippen LogP contribution in [-0.2, 0) is 14.3 Å². The van der Waals surface area contributed by atoms with Crippen molar-refractivity contribution >= 4 is 17.6 Å². The lowest BCUT2D eigenvalue weighted by atomic mass is 10.0. The molecule has 0 aliphatic carbocycles. The minimum atomic E-state index is -0.299. The van der Waals surface area contributed by atoms with Gasteiger partial charge in [0.1, 0.15) is 5.82 Å². The molecule has 7 heteroatoms. The summed E-state index contributed by atoms with van der Waals surface area (Å²) in [6, 6.07) is 5.86. The maximum absolute atomic E-state index is 12.5. The molecule has 0 bridgehead atoms. The summed E-state index contributed by atoms with van der Waals surface area (Å²) in [6.07, 6.45) is 2.32. The topological polar surface area (TPSA) is 66.0 Å². The number of hydrogen-bond acceptors (Lipinski definition) is 5. The highest BCUT2D eigenvalue weighted by molar-refractivity contribution is 5.84. The fraction of sp³-hybridized carbons (Fsp3) is 0.632. The molecule has 2 aliphatic rings. The monoisotopic (exact) mass is 360 g/mol. The standard InChI is InChI=1S/C19H28N4O3/c1-19(2)15-26-14-13-23(19)18(25)7-6-17(24)22-11-9-21(10-12-22)16-5-3-4-8-20-16/h3-5,8H,6-7,9-15H2,1-2H3. The summed E-state index contributed by atoms with van der Waals surface area (Å²) >= 11 is 0. The third kappa shape index (κ3) is 4.33. The van der Waals surface area contributed by atoms with Crippen LogP contribution in [0.15, 0.2) is 24.4 Å². The molecule has 0 spiro atoms. The van der Waals surface area contributed by atoms with Gasteiger partial charge in [0.15, 0.2) is 0 Å². The first-order chi connectivity index (χ1) is 12.5. The van der Waals surface area contributed by atoms with E-state index < -0.39 is 0 Å². The average molecular weight is 360 g/mol. The molecule has 7 nitrogen and oxygen atoms in total. The third-order valence-corrected chi connectivity index (χ3v) is 5.10. The van der Waals surface area contributed by atoms with Crippen LogP contribution in [0.25, 0.3) is 0 Å². The summed E-state index contributed by atoms with van der Waals surface area (Å²) in [7, 11) is 0. The van der Waals surface area contributed by atoms with Crippen molar-refractivity contribution < 1.29 is 14.3 Å². The van der Waals surface area contributed by atoms with Crippen molar-refractivity contribution in [3.63, 3.8) is 0 Å². The highest BCUT2D eigenvalue weighted by Gasteiger charge is 2.34. The van der Waals surface area contributed by atoms with Crippen LogP contribution in [0.4, 0.5) is 5.82 Å². The Bertz CT molecular complexity index is 627. The fourth-order valence-electron chi connectivity index (χ4n) is 3.55. The first kappa shape index (κ1) is 18.6. The van der Waals surface area contributed by atoms with Gasteiger partial charge in [0, 0.05) is 51.8 Å². The zero-order valence-corrected chi connectivity index (χ0v) is 15.7. The molecule has 2 aliphatic heterocycles. The smallest absolute Gasteiger partial charge is 0.223 e. The highest BCUT2D eigenvalue weighted by Crippen LogP contribution is 2.20. The number of anilines is 1. The number of carbonyl (C=O) groups excluding carboxylic acids is 2. The molecule has 2 fully saturated rings. The quantitative estimate of drug-likeness (QED) is 0.806. The summed E-state index contributed by atoms with van der Waals surface area (Å²) in [5.41, 5.74) is -0.299. The summed E-state index contributed by atoms with van der Waals surface area (Å²) in [4.78, 5) is 35.3. The van der Waals surface area contributed by atoms with Crippen LogP contribution in [-0.4, -0.2) is 78.1 Å². The van der Waals surface area contributed by atoms with Crippen LogP contribution in [0, 0.1) is 0 Å². The molecule has 2 saturated heterocycles. The molecule has 0 atom stereocenters. The Hall–Kier alpha value is -2.15. The van der Waals surface area contributed by atoms with Crippen molar-refractivity contribution in [3.05, 3.63) is 24.4 Å². The second kappa shape index (κ2) is 8.03. The van der Waals surface area contributed by atoms with E-state index in [1.54, 1.807) is 6.20 Å². The van der Waals surface area contributed by atoms with Gasteiger partial charge in [-0.1, -0.05) is 6.07 Å². The summed E-state index contributed by atoms with van der Waals surface area (Å²) in [5, 5.41) is 0. The Balaban J connectivity index is 1.45. The maximum Gasteiger partial charge on any atom is 0.223 e. The van der Waals surface area contributed by atoms with Gasteiger partial charge in [0.25, 0.3) is 0 Å². The SMILES string of the molecule is CC1(C)COCCN1C(=O)CCC(=O)N1CCN(c2ccccn2)CC1. The molecule has 1 aromatic heterocycles. The molecule has 0 radical (unpaired) electrons. The Labute approximate surface area is 154 Å². The van der Waals surface area contributed by atoms with Crippen LogP contribution < -0.4 is 4.90 Å². The first-order valence-electron chi connectivity index (χ1n) is 9.29. The van der Waals surface area contributed by atoms with E-state index in [0.717, 1.165) is 18.9 Å². The molecule has 0 saturated carbocycles. The zero-order valence-electron chi connectivity index (χ0n) is 15.7. The first-order valence-corrected chi connectivity index (χ1v) is 9.29. The van der Waals surface area contributed by atoms with Crippen LogP contribution in [0.5, 0.6) is 0 Å². The molecule has 142 valence electrons. The lowest BCUT2D eigenvalue weighted by molar-refractivity contribution is -0.148. The summed E-state index contributed by atoms with van der Waals surface area (Å²) < 4.78 is 5.45. The minimum absolute atomic E-state index is 0.0405. The molecule has 3 rings (SSSR count). The number of ether oxygens (including phenoxy) is 1. The van der Waals surface area contributed by atoms with Gasteiger partial charge in [0.2, 0.25) is 11.8 Å². The van der Waals surface area contributed by atoms with Crippen molar-refractivity contribution in [2.75, 3.05) is 50.8 Å². The highest BCUT2D eigenvalue weighted by atomic mass is 16.5. The average Bonchev–Trinajstić information content (AvgIpc) is 2.66. The van der Waals surface area contributed by atoms with Gasteiger partial charge < -0.3 is 19.4 Å². The van der Waals surface area contributed by atoms with E-state index in [1.165, 1.54) is 0 Å². The lowest BCUT2D eigenvalue weighted by Crippen LogP contribution is -2.55. The van der Waals surface area contributed by atoms with Crippen LogP contribution in [0.3, 0.4) is 0 Å². The zero-order chi connectivity index (χ0) is 18.6. The van der Waals surface area contributed by atoms with Crippen molar-refractivity contribution in [2.24, 2.45) is 0 Å². The molecule has 2 amide bonds. The number of piperazine rings is 1. The Kier molecular flexibility index (Phi) is 5.76. The predicted octanol–water partition coefficient (Wildman–Crippen LogP) is 1.15. The van der Waals surface area contributed by atoms with E-state index in [4.69, 9.17) is 4.74 Å². The van der Waals surface area contributed by atoms with Crippen LogP contribution in [0.2, 0.25) is 0 Å². The van der Waals surface area contributed by atoms with Gasteiger partial charge >= 0.3 is 0 Å². The molecule has 0 unspecified atom stereocenters. The number of nitrogens with zero attached hydrogens (tertiary/aromatic N) is 4. The van der Waals surface area contributed by atoms with E-state index in [9.17, 15) is 9.59 Å². The normalized spacial score (nSPS) is 20.2. The second-order valence-electron chi connectivity index (χ2n) is 7.47. The van der Waals surface area contributed by atoms with Gasteiger partial charge in [-0.3, -0.25) is 9.59 Å². The Morgan fingerprint density at radius 1 is 1.08 bits per heavy atom. The largest absolute Gasteiger partial charge is 0.377 e. The third-order valence-electron chi connectivity index (χ3n) is 5.10. The Morgan fingerprint density at radius 2 is 1.81 bits per heavy atom. The maximum atomic E-state index is 12.5. The van der Waals surface area contributed by atoms with Crippen molar-refractivity contribution in [3.8, 4) is 0 Å². The van der Waals surface area contributed by atoms with Gasteiger partial charge in [0.05, 0.1) is 18.8 Å². The van der Waals surface area contributed by atoms with Crippen molar-refractivity contribution in [2.45, 2.75) is 32.2 Å². The second-order valence-corrected chi connectivity index (χ2v) is 7.47. The van der Waals surface area contributed by atoms with Crippen molar-refractivity contribution in [1.82, 2.24) is 14.8 Å². The van der Waals surface area contributed by atoms with Gasteiger partial charge in [-0.2, -0.15) is 0 Å². The number of hydrogen-bond donors (Lipinski definition) is 0. The molecule has 0 aromatic carbocycles. The summed E-state index contributed by atoms with van der Waals surface area (Å²) in [5.74, 6) is 1.05. The lowest BCUT2D eigenvalue weighted by Gasteiger charge is -2.42. The van der Waals surface area contributed by atoms with E-state index in [2.05, 4.69) is 9.88 Å². The number of carbonyl (C=O) groups is 2. The van der Waals surface area contributed by atoms with Gasteiger partial charge in [-0.25, -0.2) is 4.98 Å². The molecular formula is C19H28N4O3. The molecule has 1 aromatic rings. The molecular weight excluding hydrogens is 332 g/mol. The van der Waals surface area contributed by atoms with E-state index in [-0.39, 0.29) is 30.2 Å². The predicted molar refractivity (Wildman–Crippen MR) is 98.9 cm³/mol. The number of pyridine rings is 1. The molecule has 0 N–H and O–H groups in total. The van der Waals surface area contributed by atoms with Crippen molar-refractivity contribution in [1.29, 1.82) is 0 Å². The molecule has 3 heterocycles. The number of morpholine rings is 1. The number of rotatable bonds is 4. The molecule has 26 heavy (non-hydrogen) atoms. The fourth-order valence-corrected chi connectivity index (χ4v) is 3.55. The Morgan fingerprint density at radius 3 is 2.46 bits per heavy atom.